The highest BCUT2D eigenvalue weighted by Crippen LogP contribution is 2.79. The van der Waals surface area contributed by atoms with Crippen molar-refractivity contribution in [3.63, 3.8) is 0 Å². The summed E-state index contributed by atoms with van der Waals surface area (Å²) in [4.78, 5) is 49.8. The van der Waals surface area contributed by atoms with Crippen LogP contribution in [0.2, 0.25) is 0 Å². The van der Waals surface area contributed by atoms with Crippen LogP contribution in [-0.2, 0) is 19.2 Å². The second-order valence-corrected chi connectivity index (χ2v) is 60.2. The first kappa shape index (κ1) is 101. The molecule has 24 saturated carbocycles. The number of ketones is 4. The molecule has 0 amide bonds. The maximum Gasteiger partial charge on any atom is 0.162 e. The molecule has 0 aliphatic heterocycles. The van der Waals surface area contributed by atoms with Crippen molar-refractivity contribution in [3.05, 3.63) is 97.2 Å². The van der Waals surface area contributed by atoms with E-state index in [4.69, 9.17) is 0 Å². The first-order valence-corrected chi connectivity index (χ1v) is 62.9. The Balaban J connectivity index is 0.0000000905. The summed E-state index contributed by atoms with van der Waals surface area (Å²) in [6.45, 7) is 24.2. The lowest BCUT2D eigenvalue weighted by Gasteiger charge is -2.61. The molecule has 48 atom stereocenters. The second kappa shape index (κ2) is 37.6. The van der Waals surface area contributed by atoms with Crippen molar-refractivity contribution in [3.8, 4) is 0 Å². The number of aliphatic hydroxyl groups excluding tert-OH is 6. The Labute approximate surface area is 870 Å². The molecule has 10 heteroatoms. The van der Waals surface area contributed by atoms with Gasteiger partial charge in [-0.3, -0.25) is 19.2 Å². The number of allylic oxidation sites excluding steroid dienone is 14. The summed E-state index contributed by atoms with van der Waals surface area (Å²) in [6, 6.07) is 0. The molecule has 6 N–H and O–H groups in total. The van der Waals surface area contributed by atoms with E-state index in [1.54, 1.807) is 0 Å². The first-order valence-electron chi connectivity index (χ1n) is 62.9. The van der Waals surface area contributed by atoms with Crippen molar-refractivity contribution in [1.29, 1.82) is 0 Å². The highest BCUT2D eigenvalue weighted by atomic mass is 16.3. The third-order valence-electron chi connectivity index (χ3n) is 57.1. The molecule has 0 aromatic rings. The Morgan fingerprint density at radius 3 is 0.806 bits per heavy atom. The zero-order valence-corrected chi connectivity index (χ0v) is 90.9. The lowest BCUT2D eigenvalue weighted by molar-refractivity contribution is -0.152. The Morgan fingerprint density at radius 2 is 0.493 bits per heavy atom. The van der Waals surface area contributed by atoms with Gasteiger partial charge in [-0.05, 0) is 628 Å². The topological polar surface area (TPSA) is 190 Å². The van der Waals surface area contributed by atoms with Gasteiger partial charge in [0.2, 0.25) is 0 Å². The fourth-order valence-corrected chi connectivity index (χ4v) is 50.3. The van der Waals surface area contributed by atoms with E-state index in [1.165, 1.54) is 281 Å². The first-order chi connectivity index (χ1) is 69.3. The smallest absolute Gasteiger partial charge is 0.162 e. The van der Waals surface area contributed by atoms with Gasteiger partial charge >= 0.3 is 0 Å². The molecule has 30 aliphatic rings. The quantitative estimate of drug-likeness (QED) is 0.136. The van der Waals surface area contributed by atoms with Gasteiger partial charge in [-0.2, -0.15) is 0 Å². The van der Waals surface area contributed by atoms with E-state index in [9.17, 15) is 49.8 Å². The van der Waals surface area contributed by atoms with Crippen LogP contribution >= 0.6 is 0 Å². The van der Waals surface area contributed by atoms with E-state index < -0.39 is 0 Å². The largest absolute Gasteiger partial charge is 0.393 e. The van der Waals surface area contributed by atoms with Crippen molar-refractivity contribution >= 4 is 23.1 Å². The summed E-state index contributed by atoms with van der Waals surface area (Å²) in [5.41, 5.74) is 7.61. The Kier molecular flexibility index (Phi) is 26.4. The molecule has 24 fully saturated rings. The minimum absolute atomic E-state index is 0.0165. The standard InChI is InChI=1S/2C23H34O.4C22H32O2/c2*1-15-4-3-11-23-13-10-20-18(21(23)8-7-19(15)23)6-5-16-14-17(24)9-12-22(16,20)2;2*1-21-9-6-16(23)12-14(21)2-4-18-19(21)8-11-22-10-7-17(24)13-15(22)3-5-20(18)22;2*1-21-11-9-16(23)13-15(21)5-7-17-18(21)10-12-22-14(6-8-19(17)22)3-2-4-20(22)24/h2*3-4,16-21,24H,1,5-14H2,2H3;2*7,10,14-16,18-20,23H,2-6,8-9,11-13H2,1H3;2*2,4,14-19,23H,3,5-13H2,1H3/t16-,17+,18?,19+,20?,21?,22-,23+;16-,17-,18?,19-,20?,21?,22+,23-;14-,15+,16+,18?,19?,20?,21-,22+;14-,15-,16-,18?,19?,20?,21+,22-;14-,15+,16+,17?,18?,19?,21-,22-;14-,15-,16+,17?,18?,19?,21-,22-/m010100/s1. The monoisotopic (exact) mass is 1970 g/mol. The molecule has 0 aromatic carbocycles. The highest BCUT2D eigenvalue weighted by molar-refractivity contribution is 5.97. The van der Waals surface area contributed by atoms with Gasteiger partial charge in [0.15, 0.2) is 23.1 Å². The minimum Gasteiger partial charge on any atom is -0.393 e. The van der Waals surface area contributed by atoms with Crippen LogP contribution in [0.5, 0.6) is 0 Å². The molecule has 0 heterocycles. The molecule has 792 valence electrons. The Bertz CT molecular complexity index is 4750. The van der Waals surface area contributed by atoms with E-state index in [1.807, 2.05) is 24.3 Å². The van der Waals surface area contributed by atoms with Crippen LogP contribution in [0.4, 0.5) is 0 Å². The van der Waals surface area contributed by atoms with E-state index in [0.717, 1.165) is 258 Å². The number of carbonyl (C=O) groups excluding carboxylic acids is 4. The van der Waals surface area contributed by atoms with Crippen molar-refractivity contribution in [1.82, 2.24) is 0 Å². The van der Waals surface area contributed by atoms with E-state index in [-0.39, 0.29) is 47.5 Å². The molecule has 144 heavy (non-hydrogen) atoms. The van der Waals surface area contributed by atoms with Gasteiger partial charge < -0.3 is 30.6 Å². The molecular formula is C134H196O10. The van der Waals surface area contributed by atoms with E-state index in [0.29, 0.717) is 113 Å². The highest BCUT2D eigenvalue weighted by Gasteiger charge is 2.72. The fourth-order valence-electron chi connectivity index (χ4n) is 50.3. The zero-order valence-electron chi connectivity index (χ0n) is 90.9. The van der Waals surface area contributed by atoms with E-state index >= 15 is 0 Å². The number of hydrogen-bond acceptors (Lipinski definition) is 10. The third-order valence-corrected chi connectivity index (χ3v) is 57.1. The molecular weight excluding hydrogens is 1770 g/mol. The van der Waals surface area contributed by atoms with Gasteiger partial charge in [0.25, 0.3) is 0 Å². The third kappa shape index (κ3) is 15.5. The summed E-state index contributed by atoms with van der Waals surface area (Å²) in [6.07, 6.45) is 101. The summed E-state index contributed by atoms with van der Waals surface area (Å²) in [5.74, 6) is 25.6. The molecule has 30 rings (SSSR count). The molecule has 18 unspecified atom stereocenters. The summed E-state index contributed by atoms with van der Waals surface area (Å²) in [7, 11) is 0. The number of rotatable bonds is 0. The lowest BCUT2D eigenvalue weighted by Crippen LogP contribution is -2.56. The van der Waals surface area contributed by atoms with Crippen LogP contribution in [0.25, 0.3) is 0 Å². The summed E-state index contributed by atoms with van der Waals surface area (Å²) >= 11 is 0. The van der Waals surface area contributed by atoms with Crippen LogP contribution in [0.1, 0.15) is 427 Å². The molecule has 0 aromatic heterocycles. The van der Waals surface area contributed by atoms with Gasteiger partial charge in [-0.1, -0.05) is 114 Å². The van der Waals surface area contributed by atoms with Crippen LogP contribution in [0, 0.1) is 243 Å². The molecule has 0 saturated heterocycles. The van der Waals surface area contributed by atoms with Gasteiger partial charge in [-0.15, -0.1) is 0 Å². The molecule has 0 radical (unpaired) electrons. The van der Waals surface area contributed by atoms with Crippen molar-refractivity contribution < 1.29 is 49.8 Å². The van der Waals surface area contributed by atoms with Crippen LogP contribution in [-0.4, -0.2) is 90.4 Å². The average molecular weight is 1970 g/mol. The van der Waals surface area contributed by atoms with Crippen LogP contribution in [0.15, 0.2) is 97.2 Å². The van der Waals surface area contributed by atoms with Crippen LogP contribution < -0.4 is 0 Å². The number of carbonyl (C=O) groups is 4. The molecule has 6 spiro atoms. The van der Waals surface area contributed by atoms with Gasteiger partial charge in [0.1, 0.15) is 0 Å². The summed E-state index contributed by atoms with van der Waals surface area (Å²) < 4.78 is 0. The van der Waals surface area contributed by atoms with Crippen molar-refractivity contribution in [2.45, 2.75) is 463 Å². The Hall–Kier alpha value is -3.64. The van der Waals surface area contributed by atoms with Crippen molar-refractivity contribution in [2.75, 3.05) is 0 Å². The predicted octanol–water partition coefficient (Wildman–Crippen LogP) is 29.1. The maximum atomic E-state index is 13.0. The zero-order chi connectivity index (χ0) is 99.2. The average Bonchev–Trinajstić information content (AvgIpc) is 1.47. The lowest BCUT2D eigenvalue weighted by atomic mass is 9.43. The normalized spacial score (nSPS) is 56.2. The SMILES string of the molecule is C=C1C=CC[C@]23CCC4C(CC[C@@H]5C[C@H](O)CC[C@]45C)C2CC[C@H]13.C=C1C=CC[C@]23CCC4C(CC[C@H]5C[C@H](O)CC[C@]45C)C2CC[C@H]13.C[C@]12CC[C@@H](O)C[C@@H]1CCC1C2CC[C@]23C(=O)C=CC[C@H]2CCC13.C[C@]12CC[C@@H](O)C[C@@H]1CCC1C3CC[C@@H]4CC(=O)C=C[C@]34CCC12.C[C@]12CC[C@@H](O)C[C@H]1CCC1C2CC[C@]23C(=O)C=CC[C@H]2CCC13.C[C@]12CC[C@@H](O)C[C@H]1CCC1C3CC[C@@H]4CC(=O)C=C[C@]34CCC12. The van der Waals surface area contributed by atoms with Crippen molar-refractivity contribution in [2.24, 2.45) is 243 Å². The number of hydrogen-bond donors (Lipinski definition) is 6. The van der Waals surface area contributed by atoms with Gasteiger partial charge in [0, 0.05) is 23.7 Å². The maximum absolute atomic E-state index is 13.0. The predicted molar refractivity (Wildman–Crippen MR) is 574 cm³/mol. The number of fused-ring (bicyclic) bond motifs is 24. The molecule has 0 bridgehead atoms. The number of aliphatic hydroxyl groups is 6. The van der Waals surface area contributed by atoms with E-state index in [2.05, 4.69) is 103 Å². The summed E-state index contributed by atoms with van der Waals surface area (Å²) in [5, 5.41) is 60.9. The minimum atomic E-state index is -0.0597. The Morgan fingerprint density at radius 1 is 0.236 bits per heavy atom. The second-order valence-electron chi connectivity index (χ2n) is 60.2. The van der Waals surface area contributed by atoms with Crippen LogP contribution in [0.3, 0.4) is 0 Å². The fraction of sp³-hybridized carbons (Fsp3) is 0.851. The molecule has 30 aliphatic carbocycles. The van der Waals surface area contributed by atoms with Gasteiger partial charge in [0.05, 0.1) is 36.6 Å². The van der Waals surface area contributed by atoms with Gasteiger partial charge in [-0.25, -0.2) is 0 Å². The molecule has 10 nitrogen and oxygen atoms in total.